The molecular weight excluding hydrogens is 206 g/mol. The van der Waals surface area contributed by atoms with Crippen molar-refractivity contribution in [3.05, 3.63) is 0 Å². The van der Waals surface area contributed by atoms with E-state index in [0.717, 1.165) is 6.42 Å². The van der Waals surface area contributed by atoms with Gasteiger partial charge in [0.25, 0.3) is 0 Å². The molecule has 4 N–H and O–H groups in total. The number of alkyl carbamates (subject to hydrolysis) is 1. The van der Waals surface area contributed by atoms with Crippen LogP contribution in [0.4, 0.5) is 4.79 Å². The lowest BCUT2D eigenvalue weighted by atomic mass is 9.99. The average Bonchev–Trinajstić information content (AvgIpc) is 2.13. The van der Waals surface area contributed by atoms with E-state index in [1.165, 1.54) is 0 Å². The maximum Gasteiger partial charge on any atom is 0.407 e. The summed E-state index contributed by atoms with van der Waals surface area (Å²) >= 11 is 0. The Labute approximate surface area is 98.1 Å². The molecule has 0 bridgehead atoms. The summed E-state index contributed by atoms with van der Waals surface area (Å²) in [6.07, 6.45) is 0.579. The Bertz CT molecular complexity index is 214. The van der Waals surface area contributed by atoms with E-state index >= 15 is 0 Å². The molecule has 1 amide bonds. The maximum atomic E-state index is 11.6. The lowest BCUT2D eigenvalue weighted by molar-refractivity contribution is 0.0487. The SMILES string of the molecule is CC[C@H](C)[C@@H](CNN)NC(=O)OC(C)(C)C. The third-order valence-corrected chi connectivity index (χ3v) is 2.37. The Balaban J connectivity index is 4.23. The van der Waals surface area contributed by atoms with Crippen LogP contribution < -0.4 is 16.6 Å². The molecule has 96 valence electrons. The molecule has 0 aliphatic rings. The van der Waals surface area contributed by atoms with Crippen molar-refractivity contribution >= 4 is 6.09 Å². The van der Waals surface area contributed by atoms with E-state index < -0.39 is 11.7 Å². The molecule has 0 heterocycles. The van der Waals surface area contributed by atoms with Crippen LogP contribution in [-0.4, -0.2) is 24.3 Å². The fourth-order valence-corrected chi connectivity index (χ4v) is 1.26. The highest BCUT2D eigenvalue weighted by atomic mass is 16.6. The summed E-state index contributed by atoms with van der Waals surface area (Å²) < 4.78 is 5.19. The van der Waals surface area contributed by atoms with Crippen LogP contribution >= 0.6 is 0 Å². The summed E-state index contributed by atoms with van der Waals surface area (Å²) in [5, 5.41) is 2.82. The molecule has 5 heteroatoms. The zero-order valence-corrected chi connectivity index (χ0v) is 11.0. The van der Waals surface area contributed by atoms with Crippen molar-refractivity contribution in [2.45, 2.75) is 52.7 Å². The molecule has 0 rings (SSSR count). The van der Waals surface area contributed by atoms with Gasteiger partial charge in [-0.25, -0.2) is 4.79 Å². The predicted octanol–water partition coefficient (Wildman–Crippen LogP) is 1.39. The van der Waals surface area contributed by atoms with E-state index in [0.29, 0.717) is 12.5 Å². The minimum atomic E-state index is -0.472. The molecule has 5 nitrogen and oxygen atoms in total. The first-order valence-electron chi connectivity index (χ1n) is 5.73. The molecule has 0 aromatic carbocycles. The van der Waals surface area contributed by atoms with Gasteiger partial charge in [-0.15, -0.1) is 0 Å². The van der Waals surface area contributed by atoms with Gasteiger partial charge in [0.15, 0.2) is 0 Å². The van der Waals surface area contributed by atoms with Crippen LogP contribution in [0.25, 0.3) is 0 Å². The normalized spacial score (nSPS) is 15.4. The fraction of sp³-hybridized carbons (Fsp3) is 0.909. The van der Waals surface area contributed by atoms with E-state index in [4.69, 9.17) is 10.6 Å². The highest BCUT2D eigenvalue weighted by molar-refractivity contribution is 5.68. The van der Waals surface area contributed by atoms with Gasteiger partial charge in [-0.1, -0.05) is 20.3 Å². The van der Waals surface area contributed by atoms with Crippen LogP contribution in [0, 0.1) is 5.92 Å². The number of carbonyl (C=O) groups excluding carboxylic acids is 1. The van der Waals surface area contributed by atoms with Crippen LogP contribution in [0.1, 0.15) is 41.0 Å². The van der Waals surface area contributed by atoms with E-state index in [2.05, 4.69) is 24.6 Å². The molecule has 0 aliphatic carbocycles. The maximum absolute atomic E-state index is 11.6. The minimum absolute atomic E-state index is 0.00940. The highest BCUT2D eigenvalue weighted by Gasteiger charge is 2.21. The first-order chi connectivity index (χ1) is 7.30. The number of hydrazine groups is 1. The quantitative estimate of drug-likeness (QED) is 0.493. The molecule has 0 radical (unpaired) electrons. The number of hydrogen-bond donors (Lipinski definition) is 3. The fourth-order valence-electron chi connectivity index (χ4n) is 1.26. The van der Waals surface area contributed by atoms with E-state index in [1.807, 2.05) is 20.8 Å². The number of hydrogen-bond acceptors (Lipinski definition) is 4. The topological polar surface area (TPSA) is 76.4 Å². The second-order valence-electron chi connectivity index (χ2n) is 5.05. The Hall–Kier alpha value is -0.810. The first kappa shape index (κ1) is 15.2. The summed E-state index contributed by atoms with van der Waals surface area (Å²) in [6, 6.07) is -0.00940. The summed E-state index contributed by atoms with van der Waals surface area (Å²) in [7, 11) is 0. The van der Waals surface area contributed by atoms with Crippen molar-refractivity contribution in [3.63, 3.8) is 0 Å². The third-order valence-electron chi connectivity index (χ3n) is 2.37. The van der Waals surface area contributed by atoms with Crippen molar-refractivity contribution in [3.8, 4) is 0 Å². The van der Waals surface area contributed by atoms with Crippen molar-refractivity contribution in [2.75, 3.05) is 6.54 Å². The lowest BCUT2D eigenvalue weighted by Gasteiger charge is -2.26. The van der Waals surface area contributed by atoms with Gasteiger partial charge in [0.1, 0.15) is 5.60 Å². The van der Waals surface area contributed by atoms with Gasteiger partial charge in [0.2, 0.25) is 0 Å². The number of nitrogens with one attached hydrogen (secondary N) is 2. The number of ether oxygens (including phenoxy) is 1. The summed E-state index contributed by atoms with van der Waals surface area (Å²) in [6.45, 7) is 10.2. The summed E-state index contributed by atoms with van der Waals surface area (Å²) in [5.41, 5.74) is 2.11. The standard InChI is InChI=1S/C11H25N3O2/c1-6-8(2)9(7-13-12)14-10(15)16-11(3,4)5/h8-9,13H,6-7,12H2,1-5H3,(H,14,15)/t8-,9+/m0/s1. The van der Waals surface area contributed by atoms with Gasteiger partial charge in [0.05, 0.1) is 0 Å². The van der Waals surface area contributed by atoms with E-state index in [9.17, 15) is 4.79 Å². The van der Waals surface area contributed by atoms with Crippen LogP contribution in [-0.2, 0) is 4.74 Å². The number of carbonyl (C=O) groups is 1. The molecule has 0 saturated carbocycles. The first-order valence-corrected chi connectivity index (χ1v) is 5.73. The number of nitrogens with two attached hydrogens (primary N) is 1. The second-order valence-corrected chi connectivity index (χ2v) is 5.05. The monoisotopic (exact) mass is 231 g/mol. The van der Waals surface area contributed by atoms with Crippen molar-refractivity contribution in [1.29, 1.82) is 0 Å². The van der Waals surface area contributed by atoms with Crippen molar-refractivity contribution in [1.82, 2.24) is 10.7 Å². The van der Waals surface area contributed by atoms with Crippen LogP contribution in [0.15, 0.2) is 0 Å². The molecule has 0 spiro atoms. The smallest absolute Gasteiger partial charge is 0.407 e. The average molecular weight is 231 g/mol. The predicted molar refractivity (Wildman–Crippen MR) is 64.8 cm³/mol. The molecule has 0 unspecified atom stereocenters. The van der Waals surface area contributed by atoms with Crippen molar-refractivity contribution in [2.24, 2.45) is 11.8 Å². The molecule has 0 aliphatic heterocycles. The Morgan fingerprint density at radius 3 is 2.38 bits per heavy atom. The van der Waals surface area contributed by atoms with Gasteiger partial charge < -0.3 is 10.1 Å². The van der Waals surface area contributed by atoms with Gasteiger partial charge in [0, 0.05) is 12.6 Å². The van der Waals surface area contributed by atoms with Crippen LogP contribution in [0.3, 0.4) is 0 Å². The van der Waals surface area contributed by atoms with Crippen LogP contribution in [0.5, 0.6) is 0 Å². The molecule has 0 aromatic heterocycles. The summed E-state index contributed by atoms with van der Waals surface area (Å²) in [5.74, 6) is 5.63. The Kier molecular flexibility index (Phi) is 6.36. The Morgan fingerprint density at radius 1 is 1.44 bits per heavy atom. The van der Waals surface area contributed by atoms with Crippen molar-refractivity contribution < 1.29 is 9.53 Å². The molecule has 0 aromatic rings. The largest absolute Gasteiger partial charge is 0.444 e. The van der Waals surface area contributed by atoms with Gasteiger partial charge in [-0.05, 0) is 26.7 Å². The summed E-state index contributed by atoms with van der Waals surface area (Å²) in [4.78, 5) is 11.6. The molecule has 2 atom stereocenters. The zero-order valence-electron chi connectivity index (χ0n) is 11.0. The van der Waals surface area contributed by atoms with Gasteiger partial charge in [-0.2, -0.15) is 0 Å². The van der Waals surface area contributed by atoms with E-state index in [1.54, 1.807) is 0 Å². The molecular formula is C11H25N3O2. The highest BCUT2D eigenvalue weighted by Crippen LogP contribution is 2.10. The van der Waals surface area contributed by atoms with Gasteiger partial charge in [-0.3, -0.25) is 11.3 Å². The molecule has 16 heavy (non-hydrogen) atoms. The molecule has 0 fully saturated rings. The lowest BCUT2D eigenvalue weighted by Crippen LogP contribution is -2.48. The number of rotatable bonds is 5. The van der Waals surface area contributed by atoms with E-state index in [-0.39, 0.29) is 6.04 Å². The number of amides is 1. The molecule has 0 saturated heterocycles. The second kappa shape index (κ2) is 6.70. The zero-order chi connectivity index (χ0) is 12.8. The van der Waals surface area contributed by atoms with Crippen LogP contribution in [0.2, 0.25) is 0 Å². The van der Waals surface area contributed by atoms with Gasteiger partial charge >= 0.3 is 6.09 Å². The Morgan fingerprint density at radius 2 is 2.00 bits per heavy atom. The minimum Gasteiger partial charge on any atom is -0.444 e. The third kappa shape index (κ3) is 6.63.